The molecule has 154 valence electrons. The lowest BCUT2D eigenvalue weighted by Crippen LogP contribution is -2.20. The van der Waals surface area contributed by atoms with Gasteiger partial charge in [0.1, 0.15) is 11.8 Å². The average Bonchev–Trinajstić information content (AvgIpc) is 3.24. The molecular weight excluding hydrogens is 384 g/mol. The van der Waals surface area contributed by atoms with Gasteiger partial charge in [-0.15, -0.1) is 5.10 Å². The molecule has 0 amide bonds. The van der Waals surface area contributed by atoms with Crippen LogP contribution in [-0.4, -0.2) is 21.9 Å². The fraction of sp³-hybridized carbons (Fsp3) is 0.154. The van der Waals surface area contributed by atoms with Crippen LogP contribution in [0.15, 0.2) is 78.9 Å². The SMILES string of the molecule is COc1ccc(C2=CC(c3ccccc3C)n3nc(-c4ccc(C)cc4)nc3N2)cc1. The average molecular weight is 409 g/mol. The minimum atomic E-state index is -0.0544. The first-order valence-corrected chi connectivity index (χ1v) is 10.3. The zero-order valence-corrected chi connectivity index (χ0v) is 17.8. The Hall–Kier alpha value is -3.86. The van der Waals surface area contributed by atoms with Gasteiger partial charge in [-0.05, 0) is 60.9 Å². The normalized spacial score (nSPS) is 15.1. The number of nitrogens with zero attached hydrogens (tertiary/aromatic N) is 3. The number of fused-ring (bicyclic) bond motifs is 1. The Morgan fingerprint density at radius 1 is 0.871 bits per heavy atom. The summed E-state index contributed by atoms with van der Waals surface area (Å²) in [6.45, 7) is 4.21. The van der Waals surface area contributed by atoms with Crippen LogP contribution < -0.4 is 10.1 Å². The molecule has 0 fully saturated rings. The van der Waals surface area contributed by atoms with Crippen molar-refractivity contribution in [3.8, 4) is 17.1 Å². The Bertz CT molecular complexity index is 1250. The maximum Gasteiger partial charge on any atom is 0.227 e. The van der Waals surface area contributed by atoms with E-state index in [2.05, 4.69) is 85.9 Å². The molecule has 1 atom stereocenters. The van der Waals surface area contributed by atoms with E-state index >= 15 is 0 Å². The number of aromatic nitrogens is 3. The van der Waals surface area contributed by atoms with E-state index in [0.29, 0.717) is 5.82 Å². The lowest BCUT2D eigenvalue weighted by molar-refractivity contribution is 0.415. The maximum absolute atomic E-state index is 5.31. The monoisotopic (exact) mass is 408 g/mol. The third kappa shape index (κ3) is 3.59. The lowest BCUT2D eigenvalue weighted by atomic mass is 9.98. The summed E-state index contributed by atoms with van der Waals surface area (Å²) in [5, 5.41) is 8.36. The number of methoxy groups -OCH3 is 1. The minimum Gasteiger partial charge on any atom is -0.497 e. The minimum absolute atomic E-state index is 0.0544. The highest BCUT2D eigenvalue weighted by Crippen LogP contribution is 2.35. The van der Waals surface area contributed by atoms with E-state index in [-0.39, 0.29) is 6.04 Å². The van der Waals surface area contributed by atoms with Crippen LogP contribution in [0.4, 0.5) is 5.95 Å². The quantitative estimate of drug-likeness (QED) is 0.476. The van der Waals surface area contributed by atoms with Crippen LogP contribution in [0.1, 0.15) is 28.3 Å². The molecule has 0 saturated carbocycles. The summed E-state index contributed by atoms with van der Waals surface area (Å²) in [7, 11) is 1.68. The van der Waals surface area contributed by atoms with Gasteiger partial charge in [0, 0.05) is 11.3 Å². The number of allylic oxidation sites excluding steroid dienone is 1. The number of anilines is 1. The van der Waals surface area contributed by atoms with Crippen molar-refractivity contribution in [2.45, 2.75) is 19.9 Å². The number of hydrogen-bond acceptors (Lipinski definition) is 4. The van der Waals surface area contributed by atoms with Crippen molar-refractivity contribution in [2.24, 2.45) is 0 Å². The molecule has 5 rings (SSSR count). The largest absolute Gasteiger partial charge is 0.497 e. The Labute approximate surface area is 182 Å². The number of ether oxygens (including phenoxy) is 1. The van der Waals surface area contributed by atoms with Crippen LogP contribution in [0.5, 0.6) is 5.75 Å². The molecule has 0 saturated heterocycles. The second-order valence-electron chi connectivity index (χ2n) is 7.80. The summed E-state index contributed by atoms with van der Waals surface area (Å²) < 4.78 is 7.29. The summed E-state index contributed by atoms with van der Waals surface area (Å²) in [6, 6.07) is 24.7. The Morgan fingerprint density at radius 3 is 2.29 bits per heavy atom. The zero-order valence-electron chi connectivity index (χ0n) is 17.8. The van der Waals surface area contributed by atoms with E-state index < -0.39 is 0 Å². The van der Waals surface area contributed by atoms with Crippen molar-refractivity contribution in [3.05, 3.63) is 101 Å². The van der Waals surface area contributed by atoms with Crippen molar-refractivity contribution in [1.82, 2.24) is 14.8 Å². The van der Waals surface area contributed by atoms with Crippen LogP contribution in [0, 0.1) is 13.8 Å². The first kappa shape index (κ1) is 19.1. The number of benzene rings is 3. The van der Waals surface area contributed by atoms with Crippen molar-refractivity contribution >= 4 is 11.6 Å². The molecule has 1 aliphatic rings. The molecule has 5 heteroatoms. The molecule has 5 nitrogen and oxygen atoms in total. The fourth-order valence-electron chi connectivity index (χ4n) is 3.90. The van der Waals surface area contributed by atoms with Gasteiger partial charge in [-0.1, -0.05) is 54.1 Å². The summed E-state index contributed by atoms with van der Waals surface area (Å²) in [4.78, 5) is 4.84. The van der Waals surface area contributed by atoms with E-state index in [0.717, 1.165) is 28.5 Å². The molecule has 3 aromatic carbocycles. The highest BCUT2D eigenvalue weighted by atomic mass is 16.5. The van der Waals surface area contributed by atoms with Crippen LogP contribution in [-0.2, 0) is 0 Å². The van der Waals surface area contributed by atoms with Crippen molar-refractivity contribution in [2.75, 3.05) is 12.4 Å². The molecule has 2 heterocycles. The fourth-order valence-corrected chi connectivity index (χ4v) is 3.90. The van der Waals surface area contributed by atoms with Crippen LogP contribution >= 0.6 is 0 Å². The smallest absolute Gasteiger partial charge is 0.227 e. The zero-order chi connectivity index (χ0) is 21.4. The number of nitrogens with one attached hydrogen (secondary N) is 1. The van der Waals surface area contributed by atoms with E-state index in [1.54, 1.807) is 7.11 Å². The van der Waals surface area contributed by atoms with Crippen molar-refractivity contribution < 1.29 is 4.74 Å². The molecule has 0 spiro atoms. The van der Waals surface area contributed by atoms with Crippen LogP contribution in [0.3, 0.4) is 0 Å². The highest BCUT2D eigenvalue weighted by Gasteiger charge is 2.26. The van der Waals surface area contributed by atoms with Gasteiger partial charge in [0.25, 0.3) is 0 Å². The Kier molecular flexibility index (Phi) is 4.79. The third-order valence-electron chi connectivity index (χ3n) is 5.68. The second kappa shape index (κ2) is 7.76. The van der Waals surface area contributed by atoms with E-state index in [1.165, 1.54) is 16.7 Å². The standard InChI is InChI=1S/C26H24N4O/c1-17-8-10-20(11-9-17)25-28-26-27-23(19-12-14-21(31-3)15-13-19)16-24(30(26)29-25)22-7-5-4-6-18(22)2/h4-16,24H,1-3H3,(H,27,28,29). The Balaban J connectivity index is 1.62. The molecule has 4 aromatic rings. The molecule has 1 aromatic heterocycles. The summed E-state index contributed by atoms with van der Waals surface area (Å²) in [5.74, 6) is 2.28. The van der Waals surface area contributed by atoms with Gasteiger partial charge in [-0.2, -0.15) is 4.98 Å². The van der Waals surface area contributed by atoms with Crippen molar-refractivity contribution in [1.29, 1.82) is 0 Å². The molecule has 0 aliphatic carbocycles. The van der Waals surface area contributed by atoms with Gasteiger partial charge < -0.3 is 10.1 Å². The highest BCUT2D eigenvalue weighted by molar-refractivity contribution is 5.78. The number of hydrogen-bond donors (Lipinski definition) is 1. The van der Waals surface area contributed by atoms with E-state index in [1.807, 2.05) is 16.8 Å². The van der Waals surface area contributed by atoms with Crippen molar-refractivity contribution in [3.63, 3.8) is 0 Å². The first-order valence-electron chi connectivity index (χ1n) is 10.3. The topological polar surface area (TPSA) is 52.0 Å². The lowest BCUT2D eigenvalue weighted by Gasteiger charge is -2.25. The maximum atomic E-state index is 5.31. The first-order chi connectivity index (χ1) is 15.1. The summed E-state index contributed by atoms with van der Waals surface area (Å²) >= 11 is 0. The number of rotatable bonds is 4. The molecule has 1 unspecified atom stereocenters. The van der Waals surface area contributed by atoms with Gasteiger partial charge >= 0.3 is 0 Å². The second-order valence-corrected chi connectivity index (χ2v) is 7.80. The molecule has 1 aliphatic heterocycles. The predicted octanol–water partition coefficient (Wildman–Crippen LogP) is 5.63. The molecule has 0 radical (unpaired) electrons. The van der Waals surface area contributed by atoms with Gasteiger partial charge in [0.2, 0.25) is 5.95 Å². The van der Waals surface area contributed by atoms with Crippen LogP contribution in [0.2, 0.25) is 0 Å². The summed E-state index contributed by atoms with van der Waals surface area (Å²) in [5.41, 5.74) is 6.72. The predicted molar refractivity (Wildman–Crippen MR) is 124 cm³/mol. The van der Waals surface area contributed by atoms with E-state index in [9.17, 15) is 0 Å². The van der Waals surface area contributed by atoms with Crippen LogP contribution in [0.25, 0.3) is 17.1 Å². The molecule has 0 bridgehead atoms. The molecule has 1 N–H and O–H groups in total. The summed E-state index contributed by atoms with van der Waals surface area (Å²) in [6.07, 6.45) is 2.21. The van der Waals surface area contributed by atoms with E-state index in [4.69, 9.17) is 14.8 Å². The van der Waals surface area contributed by atoms with Gasteiger partial charge in [-0.25, -0.2) is 4.68 Å². The molecule has 31 heavy (non-hydrogen) atoms. The third-order valence-corrected chi connectivity index (χ3v) is 5.68. The number of aryl methyl sites for hydroxylation is 2. The van der Waals surface area contributed by atoms with Gasteiger partial charge in [0.15, 0.2) is 5.82 Å². The molecular formula is C26H24N4O. The van der Waals surface area contributed by atoms with Gasteiger partial charge in [0.05, 0.1) is 7.11 Å². The van der Waals surface area contributed by atoms with Gasteiger partial charge in [-0.3, -0.25) is 0 Å². The Morgan fingerprint density at radius 2 is 1.58 bits per heavy atom.